The van der Waals surface area contributed by atoms with Crippen LogP contribution in [-0.2, 0) is 10.0 Å². The number of carbonyl (C=O) groups is 1. The van der Waals surface area contributed by atoms with Gasteiger partial charge in [-0.25, -0.2) is 27.0 Å². The number of nitrogens with one attached hydrogen (secondary N) is 1. The number of fused-ring (bicyclic) bond motifs is 3. The van der Waals surface area contributed by atoms with E-state index >= 15 is 0 Å². The van der Waals surface area contributed by atoms with E-state index in [0.29, 0.717) is 25.2 Å². The summed E-state index contributed by atoms with van der Waals surface area (Å²) in [6.45, 7) is 1.04. The van der Waals surface area contributed by atoms with Gasteiger partial charge in [-0.05, 0) is 25.0 Å². The molecule has 9 nitrogen and oxygen atoms in total. The first-order valence-corrected chi connectivity index (χ1v) is 11.4. The quantitative estimate of drug-likeness (QED) is 0.751. The zero-order chi connectivity index (χ0) is 21.8. The molecular formula is C19H20F2N6O3S. The van der Waals surface area contributed by atoms with Crippen LogP contribution in [0.2, 0.25) is 0 Å². The van der Waals surface area contributed by atoms with Crippen LogP contribution in [-0.4, -0.2) is 67.1 Å². The third-order valence-corrected chi connectivity index (χ3v) is 7.68. The van der Waals surface area contributed by atoms with Crippen molar-refractivity contribution < 1.29 is 22.0 Å². The maximum atomic E-state index is 13.7. The number of urea groups is 1. The van der Waals surface area contributed by atoms with Crippen LogP contribution in [0.3, 0.4) is 0 Å². The van der Waals surface area contributed by atoms with Gasteiger partial charge in [0.05, 0.1) is 30.7 Å². The topological polar surface area (TPSA) is 98.7 Å². The van der Waals surface area contributed by atoms with E-state index in [9.17, 15) is 22.0 Å². The highest BCUT2D eigenvalue weighted by molar-refractivity contribution is 7.89. The van der Waals surface area contributed by atoms with E-state index in [1.165, 1.54) is 21.5 Å². The third kappa shape index (κ3) is 3.49. The number of hydrogen-bond acceptors (Lipinski definition) is 6. The number of sulfonamides is 1. The van der Waals surface area contributed by atoms with Crippen LogP contribution >= 0.6 is 0 Å². The number of anilines is 3. The fraction of sp³-hybridized carbons (Fsp3) is 0.421. The minimum atomic E-state index is -3.84. The molecule has 0 saturated carbocycles. The van der Waals surface area contributed by atoms with Gasteiger partial charge in [0.25, 0.3) is 0 Å². The van der Waals surface area contributed by atoms with Gasteiger partial charge in [-0.3, -0.25) is 9.88 Å². The molecule has 5 heterocycles. The first kappa shape index (κ1) is 20.1. The molecule has 2 aromatic rings. The second-order valence-corrected chi connectivity index (χ2v) is 9.73. The normalized spacial score (nSPS) is 26.5. The van der Waals surface area contributed by atoms with Crippen LogP contribution in [0.15, 0.2) is 35.5 Å². The van der Waals surface area contributed by atoms with Crippen molar-refractivity contribution in [1.82, 2.24) is 14.3 Å². The highest BCUT2D eigenvalue weighted by Gasteiger charge is 2.45. The number of halogens is 2. The Morgan fingerprint density at radius 2 is 2.00 bits per heavy atom. The summed E-state index contributed by atoms with van der Waals surface area (Å²) in [5.74, 6) is -0.208. The summed E-state index contributed by atoms with van der Waals surface area (Å²) in [5.41, 5.74) is 0.143. The molecule has 0 radical (unpaired) electrons. The lowest BCUT2D eigenvalue weighted by molar-refractivity contribution is 0.254. The highest BCUT2D eigenvalue weighted by atomic mass is 32.2. The van der Waals surface area contributed by atoms with Crippen molar-refractivity contribution in [3.8, 4) is 0 Å². The van der Waals surface area contributed by atoms with Crippen molar-refractivity contribution in [2.75, 3.05) is 41.3 Å². The van der Waals surface area contributed by atoms with E-state index in [-0.39, 0.29) is 36.0 Å². The fourth-order valence-corrected chi connectivity index (χ4v) is 5.89. The zero-order valence-corrected chi connectivity index (χ0v) is 17.2. The van der Waals surface area contributed by atoms with Crippen LogP contribution in [0, 0.1) is 5.82 Å². The van der Waals surface area contributed by atoms with Crippen molar-refractivity contribution in [2.45, 2.75) is 30.0 Å². The number of nitrogens with zero attached hydrogens (tertiary/aromatic N) is 5. The summed E-state index contributed by atoms with van der Waals surface area (Å²) in [6, 6.07) is 3.01. The van der Waals surface area contributed by atoms with E-state index in [2.05, 4.69) is 15.3 Å². The number of carbonyl (C=O) groups excluding carboxylic acids is 1. The predicted molar refractivity (Wildman–Crippen MR) is 109 cm³/mol. The summed E-state index contributed by atoms with van der Waals surface area (Å²) in [4.78, 5) is 24.4. The molecule has 0 aromatic carbocycles. The minimum Gasteiger partial charge on any atom is -0.354 e. The lowest BCUT2D eigenvalue weighted by atomic mass is 10.2. The Bertz CT molecular complexity index is 1150. The van der Waals surface area contributed by atoms with Crippen molar-refractivity contribution >= 4 is 33.4 Å². The molecular weight excluding hydrogens is 430 g/mol. The van der Waals surface area contributed by atoms with Gasteiger partial charge in [0.15, 0.2) is 5.82 Å². The van der Waals surface area contributed by atoms with E-state index in [1.807, 2.05) is 0 Å². The SMILES string of the molecule is O=C(Nc1cncc(F)c1)N1c2nc(N3CC[C@H](F)C3)ccc2S(=O)(=O)N2CCC1C2. The summed E-state index contributed by atoms with van der Waals surface area (Å²) in [7, 11) is -3.84. The van der Waals surface area contributed by atoms with Crippen molar-refractivity contribution in [3.05, 3.63) is 36.4 Å². The number of alkyl halides is 1. The maximum absolute atomic E-state index is 13.7. The molecule has 2 bridgehead atoms. The molecule has 2 amide bonds. The Balaban J connectivity index is 1.58. The van der Waals surface area contributed by atoms with Gasteiger partial charge in [-0.1, -0.05) is 0 Å². The zero-order valence-electron chi connectivity index (χ0n) is 16.4. The molecule has 2 unspecified atom stereocenters. The predicted octanol–water partition coefficient (Wildman–Crippen LogP) is 1.98. The Kier molecular flexibility index (Phi) is 4.77. The summed E-state index contributed by atoms with van der Waals surface area (Å²) in [5, 5.41) is 2.58. The molecule has 164 valence electrons. The first-order valence-electron chi connectivity index (χ1n) is 9.94. The van der Waals surface area contributed by atoms with E-state index in [0.717, 1.165) is 12.3 Å². The minimum absolute atomic E-state index is 0.00568. The van der Waals surface area contributed by atoms with E-state index in [4.69, 9.17) is 0 Å². The molecule has 3 atom stereocenters. The van der Waals surface area contributed by atoms with Crippen LogP contribution in [0.4, 0.5) is 30.9 Å². The Morgan fingerprint density at radius 3 is 2.74 bits per heavy atom. The number of aromatic nitrogens is 2. The fourth-order valence-electron chi connectivity index (χ4n) is 4.28. The van der Waals surface area contributed by atoms with Gasteiger partial charge >= 0.3 is 6.03 Å². The third-order valence-electron chi connectivity index (χ3n) is 5.79. The lowest BCUT2D eigenvalue weighted by Gasteiger charge is -2.29. The molecule has 0 aliphatic carbocycles. The maximum Gasteiger partial charge on any atom is 0.327 e. The number of amides is 2. The summed E-state index contributed by atoms with van der Waals surface area (Å²) >= 11 is 0. The van der Waals surface area contributed by atoms with Crippen LogP contribution in [0.25, 0.3) is 0 Å². The molecule has 31 heavy (non-hydrogen) atoms. The van der Waals surface area contributed by atoms with Crippen molar-refractivity contribution in [3.63, 3.8) is 0 Å². The number of hydrogen-bond donors (Lipinski definition) is 1. The largest absolute Gasteiger partial charge is 0.354 e. The second-order valence-electron chi connectivity index (χ2n) is 7.82. The number of rotatable bonds is 2. The number of pyridine rings is 2. The molecule has 3 aliphatic rings. The summed E-state index contributed by atoms with van der Waals surface area (Å²) in [6.07, 6.45) is 2.14. The van der Waals surface area contributed by atoms with Gasteiger partial charge in [-0.2, -0.15) is 4.31 Å². The van der Waals surface area contributed by atoms with Crippen LogP contribution in [0.1, 0.15) is 12.8 Å². The molecule has 12 heteroatoms. The van der Waals surface area contributed by atoms with Crippen molar-refractivity contribution in [2.24, 2.45) is 0 Å². The monoisotopic (exact) mass is 450 g/mol. The molecule has 2 aromatic heterocycles. The Labute approximate surface area is 177 Å². The molecule has 2 fully saturated rings. The average molecular weight is 450 g/mol. The molecule has 3 aliphatic heterocycles. The molecule has 0 spiro atoms. The second kappa shape index (κ2) is 7.38. The van der Waals surface area contributed by atoms with Gasteiger partial charge < -0.3 is 10.2 Å². The smallest absolute Gasteiger partial charge is 0.327 e. The van der Waals surface area contributed by atoms with Crippen LogP contribution < -0.4 is 15.1 Å². The molecule has 5 rings (SSSR count). The lowest BCUT2D eigenvalue weighted by Crippen LogP contribution is -2.44. The summed E-state index contributed by atoms with van der Waals surface area (Å²) < 4.78 is 54.8. The Hall–Kier alpha value is -2.86. The van der Waals surface area contributed by atoms with Crippen LogP contribution in [0.5, 0.6) is 0 Å². The van der Waals surface area contributed by atoms with E-state index < -0.39 is 34.1 Å². The first-order chi connectivity index (χ1) is 14.8. The highest BCUT2D eigenvalue weighted by Crippen LogP contribution is 2.38. The van der Waals surface area contributed by atoms with Gasteiger partial charge in [0.1, 0.15) is 22.7 Å². The molecule has 1 N–H and O–H groups in total. The Morgan fingerprint density at radius 1 is 1.16 bits per heavy atom. The van der Waals surface area contributed by atoms with Gasteiger partial charge in [-0.15, -0.1) is 0 Å². The average Bonchev–Trinajstić information content (AvgIpc) is 3.36. The van der Waals surface area contributed by atoms with Crippen molar-refractivity contribution in [1.29, 1.82) is 0 Å². The molecule has 2 saturated heterocycles. The van der Waals surface area contributed by atoms with E-state index in [1.54, 1.807) is 11.0 Å². The van der Waals surface area contributed by atoms with Gasteiger partial charge in [0.2, 0.25) is 10.0 Å². The standard InChI is InChI=1S/C19H20F2N6O3S/c20-12-3-5-25(10-12)17-2-1-16-18(24-17)27(15-4-6-26(11-15)31(16,29)30)19(28)23-14-7-13(21)8-22-9-14/h1-2,7-9,12,15H,3-6,10-11H2,(H,23,28)/t12-,15?/m0/s1. The van der Waals surface area contributed by atoms with Gasteiger partial charge in [0, 0.05) is 25.7 Å².